The zero-order valence-electron chi connectivity index (χ0n) is 10.5. The van der Waals surface area contributed by atoms with Gasteiger partial charge in [0.1, 0.15) is 11.0 Å². The van der Waals surface area contributed by atoms with Crippen molar-refractivity contribution in [2.24, 2.45) is 0 Å². The fourth-order valence-electron chi connectivity index (χ4n) is 2.37. The first-order valence-electron chi connectivity index (χ1n) is 6.35. The van der Waals surface area contributed by atoms with Crippen molar-refractivity contribution in [3.63, 3.8) is 0 Å². The molecule has 3 rings (SSSR count). The van der Waals surface area contributed by atoms with Crippen molar-refractivity contribution >= 4 is 23.1 Å². The minimum absolute atomic E-state index is 0.382. The number of nitrogens with one attached hydrogen (secondary N) is 1. The van der Waals surface area contributed by atoms with Gasteiger partial charge >= 0.3 is 0 Å². The average molecular weight is 275 g/mol. The molecular formula is C14H15ClN4. The zero-order valence-corrected chi connectivity index (χ0v) is 11.2. The van der Waals surface area contributed by atoms with Crippen molar-refractivity contribution in [1.29, 1.82) is 0 Å². The van der Waals surface area contributed by atoms with E-state index < -0.39 is 0 Å². The van der Waals surface area contributed by atoms with Crippen molar-refractivity contribution in [3.05, 3.63) is 47.9 Å². The van der Waals surface area contributed by atoms with Gasteiger partial charge in [-0.2, -0.15) is 0 Å². The molecule has 19 heavy (non-hydrogen) atoms. The van der Waals surface area contributed by atoms with E-state index in [1.807, 2.05) is 6.07 Å². The van der Waals surface area contributed by atoms with Gasteiger partial charge in [-0.3, -0.25) is 4.98 Å². The molecule has 1 aromatic carbocycles. The first-order valence-corrected chi connectivity index (χ1v) is 6.73. The maximum absolute atomic E-state index is 5.83. The Hall–Kier alpha value is -1.81. The van der Waals surface area contributed by atoms with E-state index in [9.17, 15) is 0 Å². The summed E-state index contributed by atoms with van der Waals surface area (Å²) < 4.78 is 0. The normalized spacial score (nSPS) is 18.6. The summed E-state index contributed by atoms with van der Waals surface area (Å²) in [6.07, 6.45) is 4.33. The van der Waals surface area contributed by atoms with Crippen LogP contribution >= 0.6 is 11.6 Å². The molecule has 0 spiro atoms. The molecule has 0 amide bonds. The highest BCUT2D eigenvalue weighted by Gasteiger charge is 2.22. The van der Waals surface area contributed by atoms with Gasteiger partial charge in [-0.1, -0.05) is 29.8 Å². The Morgan fingerprint density at radius 3 is 2.84 bits per heavy atom. The molecule has 1 unspecified atom stereocenters. The fraction of sp³-hybridized carbons (Fsp3) is 0.286. The molecule has 2 heterocycles. The maximum atomic E-state index is 5.83. The van der Waals surface area contributed by atoms with E-state index in [0.717, 1.165) is 25.3 Å². The number of rotatable bonds is 3. The summed E-state index contributed by atoms with van der Waals surface area (Å²) in [5, 5.41) is 3.80. The van der Waals surface area contributed by atoms with Crippen molar-refractivity contribution in [3.8, 4) is 0 Å². The summed E-state index contributed by atoms with van der Waals surface area (Å²) in [5.41, 5.74) is 1.27. The monoisotopic (exact) mass is 274 g/mol. The van der Waals surface area contributed by atoms with Crippen LogP contribution in [0.2, 0.25) is 5.15 Å². The molecule has 1 atom stereocenters. The van der Waals surface area contributed by atoms with Gasteiger partial charge in [-0.25, -0.2) is 4.98 Å². The van der Waals surface area contributed by atoms with E-state index in [1.165, 1.54) is 11.9 Å². The summed E-state index contributed by atoms with van der Waals surface area (Å²) in [4.78, 5) is 10.6. The number of anilines is 2. The molecular weight excluding hydrogens is 260 g/mol. The molecule has 0 radical (unpaired) electrons. The van der Waals surface area contributed by atoms with Gasteiger partial charge < -0.3 is 10.2 Å². The molecule has 1 fully saturated rings. The molecule has 1 N–H and O–H groups in total. The van der Waals surface area contributed by atoms with Crippen LogP contribution in [0.3, 0.4) is 0 Å². The van der Waals surface area contributed by atoms with Crippen LogP contribution in [0.5, 0.6) is 0 Å². The second-order valence-corrected chi connectivity index (χ2v) is 5.03. The Morgan fingerprint density at radius 2 is 2.05 bits per heavy atom. The third kappa shape index (κ3) is 2.96. The van der Waals surface area contributed by atoms with E-state index >= 15 is 0 Å². The predicted octanol–water partition coefficient (Wildman–Crippen LogP) is 2.82. The van der Waals surface area contributed by atoms with Crippen LogP contribution in [0.4, 0.5) is 11.5 Å². The number of para-hydroxylation sites is 1. The lowest BCUT2D eigenvalue weighted by Gasteiger charge is -2.19. The fourth-order valence-corrected chi connectivity index (χ4v) is 2.52. The Bertz CT molecular complexity index is 546. The molecule has 98 valence electrons. The Kier molecular flexibility index (Phi) is 3.51. The van der Waals surface area contributed by atoms with Crippen LogP contribution in [-0.2, 0) is 0 Å². The minimum atomic E-state index is 0.382. The number of hydrogen-bond acceptors (Lipinski definition) is 4. The van der Waals surface area contributed by atoms with Gasteiger partial charge in [-0.15, -0.1) is 0 Å². The van der Waals surface area contributed by atoms with Gasteiger partial charge in [0, 0.05) is 24.8 Å². The maximum Gasteiger partial charge on any atom is 0.149 e. The van der Waals surface area contributed by atoms with Crippen molar-refractivity contribution in [1.82, 2.24) is 9.97 Å². The summed E-state index contributed by atoms with van der Waals surface area (Å²) >= 11 is 5.83. The third-order valence-electron chi connectivity index (χ3n) is 3.27. The van der Waals surface area contributed by atoms with E-state index in [2.05, 4.69) is 44.5 Å². The summed E-state index contributed by atoms with van der Waals surface area (Å²) in [6, 6.07) is 10.8. The first kappa shape index (κ1) is 12.2. The van der Waals surface area contributed by atoms with Crippen LogP contribution in [-0.4, -0.2) is 29.1 Å². The number of aromatic nitrogens is 2. The molecule has 1 saturated heterocycles. The van der Waals surface area contributed by atoms with Crippen LogP contribution < -0.4 is 10.2 Å². The second kappa shape index (κ2) is 5.45. The molecule has 1 aliphatic rings. The lowest BCUT2D eigenvalue weighted by molar-refractivity contribution is 0.799. The van der Waals surface area contributed by atoms with Gasteiger partial charge in [0.05, 0.1) is 12.4 Å². The topological polar surface area (TPSA) is 41.1 Å². The summed E-state index contributed by atoms with van der Waals surface area (Å²) in [6.45, 7) is 2.02. The quantitative estimate of drug-likeness (QED) is 0.934. The van der Waals surface area contributed by atoms with E-state index in [0.29, 0.717) is 11.2 Å². The minimum Gasteiger partial charge on any atom is -0.369 e. The molecule has 0 saturated carbocycles. The molecule has 0 aliphatic carbocycles. The highest BCUT2D eigenvalue weighted by molar-refractivity contribution is 6.29. The number of benzene rings is 1. The SMILES string of the molecule is Clc1cncc(NC2CCN(c3ccccc3)C2)n1. The summed E-state index contributed by atoms with van der Waals surface area (Å²) in [5.74, 6) is 0.743. The zero-order chi connectivity index (χ0) is 13.1. The predicted molar refractivity (Wildman–Crippen MR) is 77.7 cm³/mol. The largest absolute Gasteiger partial charge is 0.369 e. The highest BCUT2D eigenvalue weighted by atomic mass is 35.5. The van der Waals surface area contributed by atoms with Crippen LogP contribution in [0, 0.1) is 0 Å². The summed E-state index contributed by atoms with van der Waals surface area (Å²) in [7, 11) is 0. The van der Waals surface area contributed by atoms with E-state index in [1.54, 1.807) is 6.20 Å². The molecule has 5 heteroatoms. The Balaban J connectivity index is 1.63. The number of halogens is 1. The molecule has 2 aromatic rings. The lowest BCUT2D eigenvalue weighted by atomic mass is 10.2. The highest BCUT2D eigenvalue weighted by Crippen LogP contribution is 2.21. The average Bonchev–Trinajstić information content (AvgIpc) is 2.88. The van der Waals surface area contributed by atoms with E-state index in [4.69, 9.17) is 11.6 Å². The van der Waals surface area contributed by atoms with Gasteiger partial charge in [0.15, 0.2) is 0 Å². The van der Waals surface area contributed by atoms with Crippen molar-refractivity contribution in [2.45, 2.75) is 12.5 Å². The molecule has 1 aliphatic heterocycles. The third-order valence-corrected chi connectivity index (χ3v) is 3.45. The standard InChI is InChI=1S/C14H15ClN4/c15-13-8-16-9-14(18-13)17-11-6-7-19(10-11)12-4-2-1-3-5-12/h1-5,8-9,11H,6-7,10H2,(H,17,18). The van der Waals surface area contributed by atoms with Crippen LogP contribution in [0.25, 0.3) is 0 Å². The number of nitrogens with zero attached hydrogens (tertiary/aromatic N) is 3. The van der Waals surface area contributed by atoms with Gasteiger partial charge in [0.25, 0.3) is 0 Å². The smallest absolute Gasteiger partial charge is 0.149 e. The van der Waals surface area contributed by atoms with Gasteiger partial charge in [0.2, 0.25) is 0 Å². The van der Waals surface area contributed by atoms with Crippen molar-refractivity contribution in [2.75, 3.05) is 23.3 Å². The Morgan fingerprint density at radius 1 is 1.21 bits per heavy atom. The molecule has 1 aromatic heterocycles. The van der Waals surface area contributed by atoms with Crippen molar-refractivity contribution < 1.29 is 0 Å². The lowest BCUT2D eigenvalue weighted by Crippen LogP contribution is -2.26. The second-order valence-electron chi connectivity index (χ2n) is 4.64. The number of hydrogen-bond donors (Lipinski definition) is 1. The van der Waals surface area contributed by atoms with Crippen LogP contribution in [0.1, 0.15) is 6.42 Å². The Labute approximate surface area is 117 Å². The molecule has 0 bridgehead atoms. The molecule has 4 nitrogen and oxygen atoms in total. The van der Waals surface area contributed by atoms with Gasteiger partial charge in [-0.05, 0) is 18.6 Å². The van der Waals surface area contributed by atoms with E-state index in [-0.39, 0.29) is 0 Å². The van der Waals surface area contributed by atoms with Crippen LogP contribution in [0.15, 0.2) is 42.7 Å². The first-order chi connectivity index (χ1) is 9.31.